The summed E-state index contributed by atoms with van der Waals surface area (Å²) in [6.07, 6.45) is -1.07. The zero-order valence-corrected chi connectivity index (χ0v) is 9.37. The Morgan fingerprint density at radius 2 is 2.07 bits per heavy atom. The molecular formula is C12H17NO2. The number of aryl methyl sites for hydroxylation is 2. The topological polar surface area (TPSA) is 49.3 Å². The van der Waals surface area contributed by atoms with Crippen molar-refractivity contribution in [3.05, 3.63) is 34.9 Å². The predicted octanol–water partition coefficient (Wildman–Crippen LogP) is 1.47. The number of rotatable bonds is 3. The van der Waals surface area contributed by atoms with Gasteiger partial charge in [-0.3, -0.25) is 4.79 Å². The van der Waals surface area contributed by atoms with E-state index in [-0.39, 0.29) is 5.91 Å². The van der Waals surface area contributed by atoms with Crippen LogP contribution in [0.3, 0.4) is 0 Å². The van der Waals surface area contributed by atoms with Crippen LogP contribution < -0.4 is 5.32 Å². The Morgan fingerprint density at radius 1 is 1.40 bits per heavy atom. The van der Waals surface area contributed by atoms with Crippen LogP contribution in [-0.2, 0) is 4.79 Å². The smallest absolute Gasteiger partial charge is 0.253 e. The number of hydrogen-bond acceptors (Lipinski definition) is 2. The van der Waals surface area contributed by atoms with E-state index < -0.39 is 6.10 Å². The zero-order valence-electron chi connectivity index (χ0n) is 9.37. The van der Waals surface area contributed by atoms with Crippen molar-refractivity contribution in [1.82, 2.24) is 5.32 Å². The average Bonchev–Trinajstić information content (AvgIpc) is 2.21. The maximum Gasteiger partial charge on any atom is 0.253 e. The van der Waals surface area contributed by atoms with Crippen LogP contribution in [0.2, 0.25) is 0 Å². The number of carbonyl (C=O) groups excluding carboxylic acids is 1. The van der Waals surface area contributed by atoms with E-state index in [1.54, 1.807) is 6.07 Å². The average molecular weight is 207 g/mol. The van der Waals surface area contributed by atoms with E-state index in [1.807, 2.05) is 32.9 Å². The minimum atomic E-state index is -1.07. The molecule has 0 aliphatic rings. The Labute approximate surface area is 90.1 Å². The highest BCUT2D eigenvalue weighted by Gasteiger charge is 2.16. The van der Waals surface area contributed by atoms with Gasteiger partial charge in [0.15, 0.2) is 6.10 Å². The Balaban J connectivity index is 2.86. The van der Waals surface area contributed by atoms with Crippen molar-refractivity contribution in [1.29, 1.82) is 0 Å². The van der Waals surface area contributed by atoms with Crippen molar-refractivity contribution in [2.75, 3.05) is 6.54 Å². The summed E-state index contributed by atoms with van der Waals surface area (Å²) >= 11 is 0. The van der Waals surface area contributed by atoms with Crippen LogP contribution in [0.25, 0.3) is 0 Å². The molecule has 82 valence electrons. The van der Waals surface area contributed by atoms with Crippen molar-refractivity contribution in [3.8, 4) is 0 Å². The summed E-state index contributed by atoms with van der Waals surface area (Å²) in [5.74, 6) is -0.347. The molecule has 0 aliphatic carbocycles. The number of nitrogens with one attached hydrogen (secondary N) is 1. The van der Waals surface area contributed by atoms with E-state index in [0.717, 1.165) is 11.1 Å². The van der Waals surface area contributed by atoms with Gasteiger partial charge in [0.05, 0.1) is 0 Å². The van der Waals surface area contributed by atoms with Gasteiger partial charge in [-0.05, 0) is 37.5 Å². The number of carbonyl (C=O) groups is 1. The quantitative estimate of drug-likeness (QED) is 0.788. The maximum atomic E-state index is 11.4. The van der Waals surface area contributed by atoms with Gasteiger partial charge in [0.25, 0.3) is 5.91 Å². The third-order valence-electron chi connectivity index (χ3n) is 2.45. The van der Waals surface area contributed by atoms with Crippen LogP contribution in [0, 0.1) is 13.8 Å². The van der Waals surface area contributed by atoms with E-state index in [0.29, 0.717) is 12.1 Å². The molecular weight excluding hydrogens is 190 g/mol. The molecule has 0 bridgehead atoms. The van der Waals surface area contributed by atoms with Gasteiger partial charge in [0, 0.05) is 6.54 Å². The Hall–Kier alpha value is -1.35. The highest BCUT2D eigenvalue weighted by molar-refractivity contribution is 5.81. The van der Waals surface area contributed by atoms with Gasteiger partial charge in [-0.15, -0.1) is 0 Å². The highest BCUT2D eigenvalue weighted by atomic mass is 16.3. The molecule has 2 N–H and O–H groups in total. The monoisotopic (exact) mass is 207 g/mol. The Morgan fingerprint density at radius 3 is 2.60 bits per heavy atom. The first kappa shape index (κ1) is 11.7. The number of likely N-dealkylation sites (N-methyl/N-ethyl adjacent to an activating group) is 1. The highest BCUT2D eigenvalue weighted by Crippen LogP contribution is 2.16. The molecule has 1 rings (SSSR count). The van der Waals surface area contributed by atoms with Crippen LogP contribution >= 0.6 is 0 Å². The van der Waals surface area contributed by atoms with Gasteiger partial charge in [0.2, 0.25) is 0 Å². The number of amides is 1. The lowest BCUT2D eigenvalue weighted by Crippen LogP contribution is -2.28. The molecule has 0 saturated heterocycles. The third kappa shape index (κ3) is 2.80. The van der Waals surface area contributed by atoms with Gasteiger partial charge in [0.1, 0.15) is 0 Å². The van der Waals surface area contributed by atoms with E-state index in [4.69, 9.17) is 0 Å². The summed E-state index contributed by atoms with van der Waals surface area (Å²) in [7, 11) is 0. The van der Waals surface area contributed by atoms with Crippen LogP contribution in [0.4, 0.5) is 0 Å². The van der Waals surface area contributed by atoms with Crippen LogP contribution in [-0.4, -0.2) is 17.6 Å². The molecule has 0 heterocycles. The van der Waals surface area contributed by atoms with Gasteiger partial charge in [-0.25, -0.2) is 0 Å². The summed E-state index contributed by atoms with van der Waals surface area (Å²) in [4.78, 5) is 11.4. The molecule has 0 radical (unpaired) electrons. The molecule has 3 heteroatoms. The molecule has 15 heavy (non-hydrogen) atoms. The summed E-state index contributed by atoms with van der Waals surface area (Å²) in [5, 5.41) is 12.3. The Bertz CT molecular complexity index is 361. The minimum Gasteiger partial charge on any atom is -0.378 e. The van der Waals surface area contributed by atoms with Crippen molar-refractivity contribution < 1.29 is 9.90 Å². The first-order valence-electron chi connectivity index (χ1n) is 5.09. The van der Waals surface area contributed by atoms with E-state index in [2.05, 4.69) is 5.32 Å². The second kappa shape index (κ2) is 4.94. The SMILES string of the molecule is CCNC(=O)C(O)c1ccc(C)c(C)c1. The molecule has 1 unspecified atom stereocenters. The molecule has 3 nitrogen and oxygen atoms in total. The number of aliphatic hydroxyl groups is 1. The third-order valence-corrected chi connectivity index (χ3v) is 2.45. The number of benzene rings is 1. The molecule has 0 aliphatic heterocycles. The normalized spacial score (nSPS) is 12.3. The number of aliphatic hydroxyl groups excluding tert-OH is 1. The lowest BCUT2D eigenvalue weighted by Gasteiger charge is -2.12. The van der Waals surface area contributed by atoms with Crippen molar-refractivity contribution >= 4 is 5.91 Å². The van der Waals surface area contributed by atoms with Crippen LogP contribution in [0.1, 0.15) is 29.7 Å². The second-order valence-corrected chi connectivity index (χ2v) is 3.64. The largest absolute Gasteiger partial charge is 0.378 e. The van der Waals surface area contributed by atoms with Crippen molar-refractivity contribution in [2.24, 2.45) is 0 Å². The molecule has 1 atom stereocenters. The molecule has 0 fully saturated rings. The van der Waals surface area contributed by atoms with Gasteiger partial charge < -0.3 is 10.4 Å². The van der Waals surface area contributed by atoms with Gasteiger partial charge >= 0.3 is 0 Å². The number of hydrogen-bond donors (Lipinski definition) is 2. The summed E-state index contributed by atoms with van der Waals surface area (Å²) in [6.45, 7) is 6.31. The summed E-state index contributed by atoms with van der Waals surface area (Å²) < 4.78 is 0. The summed E-state index contributed by atoms with van der Waals surface area (Å²) in [6, 6.07) is 5.53. The fraction of sp³-hybridized carbons (Fsp3) is 0.417. The first-order chi connectivity index (χ1) is 7.06. The lowest BCUT2D eigenvalue weighted by atomic mass is 10.0. The van der Waals surface area contributed by atoms with Crippen molar-refractivity contribution in [2.45, 2.75) is 26.9 Å². The molecule has 1 aromatic carbocycles. The van der Waals surface area contributed by atoms with E-state index >= 15 is 0 Å². The van der Waals surface area contributed by atoms with Crippen molar-refractivity contribution in [3.63, 3.8) is 0 Å². The molecule has 0 saturated carbocycles. The molecule has 0 aromatic heterocycles. The molecule has 1 amide bonds. The van der Waals surface area contributed by atoms with E-state index in [9.17, 15) is 9.90 Å². The van der Waals surface area contributed by atoms with Crippen LogP contribution in [0.5, 0.6) is 0 Å². The fourth-order valence-corrected chi connectivity index (χ4v) is 1.36. The fourth-order valence-electron chi connectivity index (χ4n) is 1.36. The standard InChI is InChI=1S/C12H17NO2/c1-4-13-12(15)11(14)10-6-5-8(2)9(3)7-10/h5-7,11,14H,4H2,1-3H3,(H,13,15). The first-order valence-corrected chi connectivity index (χ1v) is 5.09. The zero-order chi connectivity index (χ0) is 11.4. The predicted molar refractivity (Wildman–Crippen MR) is 59.6 cm³/mol. The second-order valence-electron chi connectivity index (χ2n) is 3.64. The van der Waals surface area contributed by atoms with Gasteiger partial charge in [-0.2, -0.15) is 0 Å². The molecule has 1 aromatic rings. The maximum absolute atomic E-state index is 11.4. The Kier molecular flexibility index (Phi) is 3.86. The summed E-state index contributed by atoms with van der Waals surface area (Å²) in [5.41, 5.74) is 2.88. The van der Waals surface area contributed by atoms with Gasteiger partial charge in [-0.1, -0.05) is 18.2 Å². The molecule has 0 spiro atoms. The van der Waals surface area contributed by atoms with Crippen LogP contribution in [0.15, 0.2) is 18.2 Å². The van der Waals surface area contributed by atoms with E-state index in [1.165, 1.54) is 0 Å². The minimum absolute atomic E-state index is 0.347. The lowest BCUT2D eigenvalue weighted by molar-refractivity contribution is -0.129.